The Morgan fingerprint density at radius 3 is 2.64 bits per heavy atom. The van der Waals surface area contributed by atoms with Gasteiger partial charge in [0, 0.05) is 13.1 Å². The Morgan fingerprint density at radius 1 is 1.27 bits per heavy atom. The van der Waals surface area contributed by atoms with Gasteiger partial charge in [0.15, 0.2) is 17.5 Å². The summed E-state index contributed by atoms with van der Waals surface area (Å²) in [4.78, 5) is 4.59. The second-order valence-corrected chi connectivity index (χ2v) is 5.62. The Hall–Kier alpha value is -1.91. The number of benzene rings is 1. The van der Waals surface area contributed by atoms with E-state index in [0.29, 0.717) is 6.54 Å². The normalized spacial score (nSPS) is 16.0. The maximum atomic E-state index is 5.92. The van der Waals surface area contributed by atoms with Crippen LogP contribution in [0.1, 0.15) is 26.7 Å². The summed E-state index contributed by atoms with van der Waals surface area (Å²) >= 11 is 0. The summed E-state index contributed by atoms with van der Waals surface area (Å²) < 4.78 is 11.2. The molecule has 1 aromatic rings. The molecule has 22 heavy (non-hydrogen) atoms. The van der Waals surface area contributed by atoms with Crippen molar-refractivity contribution in [3.8, 4) is 11.5 Å². The molecule has 1 atom stereocenters. The largest absolute Gasteiger partial charge is 0.493 e. The SMILES string of the molecule is CCNC(=NCC(C)Oc1ccccc1OC)NCC1CC1. The first-order valence-corrected chi connectivity index (χ1v) is 8.04. The van der Waals surface area contributed by atoms with E-state index in [9.17, 15) is 0 Å². The van der Waals surface area contributed by atoms with E-state index in [1.54, 1.807) is 7.11 Å². The van der Waals surface area contributed by atoms with Crippen molar-refractivity contribution < 1.29 is 9.47 Å². The molecule has 0 aromatic heterocycles. The average Bonchev–Trinajstić information content (AvgIpc) is 3.35. The fourth-order valence-corrected chi connectivity index (χ4v) is 2.09. The second kappa shape index (κ2) is 8.51. The van der Waals surface area contributed by atoms with Crippen LogP contribution in [0.2, 0.25) is 0 Å². The molecule has 1 saturated carbocycles. The molecule has 5 nitrogen and oxygen atoms in total. The Labute approximate surface area is 133 Å². The lowest BCUT2D eigenvalue weighted by Gasteiger charge is -2.16. The zero-order chi connectivity index (χ0) is 15.8. The number of nitrogens with one attached hydrogen (secondary N) is 2. The topological polar surface area (TPSA) is 54.9 Å². The van der Waals surface area contributed by atoms with Crippen LogP contribution < -0.4 is 20.1 Å². The van der Waals surface area contributed by atoms with E-state index < -0.39 is 0 Å². The summed E-state index contributed by atoms with van der Waals surface area (Å²) in [6, 6.07) is 7.68. The molecule has 0 heterocycles. The highest BCUT2D eigenvalue weighted by Crippen LogP contribution is 2.27. The number of para-hydroxylation sites is 2. The molecule has 0 amide bonds. The summed E-state index contributed by atoms with van der Waals surface area (Å²) in [5.41, 5.74) is 0. The predicted octanol–water partition coefficient (Wildman–Crippen LogP) is 2.43. The third-order valence-electron chi connectivity index (χ3n) is 3.50. The van der Waals surface area contributed by atoms with Gasteiger partial charge in [0.2, 0.25) is 0 Å². The average molecular weight is 305 g/mol. The van der Waals surface area contributed by atoms with E-state index in [4.69, 9.17) is 9.47 Å². The van der Waals surface area contributed by atoms with Gasteiger partial charge in [-0.2, -0.15) is 0 Å². The monoisotopic (exact) mass is 305 g/mol. The van der Waals surface area contributed by atoms with Gasteiger partial charge >= 0.3 is 0 Å². The molecule has 2 N–H and O–H groups in total. The van der Waals surface area contributed by atoms with Crippen LogP contribution in [0.15, 0.2) is 29.3 Å². The van der Waals surface area contributed by atoms with Gasteiger partial charge in [0.1, 0.15) is 6.10 Å². The summed E-state index contributed by atoms with van der Waals surface area (Å²) in [6.45, 7) is 6.55. The lowest BCUT2D eigenvalue weighted by Crippen LogP contribution is -2.39. The molecular formula is C17H27N3O2. The van der Waals surface area contributed by atoms with E-state index in [1.165, 1.54) is 12.8 Å². The smallest absolute Gasteiger partial charge is 0.191 e. The van der Waals surface area contributed by atoms with Gasteiger partial charge in [-0.1, -0.05) is 12.1 Å². The Bertz CT molecular complexity index is 487. The molecule has 1 aliphatic carbocycles. The van der Waals surface area contributed by atoms with E-state index in [1.807, 2.05) is 31.2 Å². The van der Waals surface area contributed by atoms with Gasteiger partial charge in [-0.05, 0) is 44.7 Å². The Kier molecular flexibility index (Phi) is 6.37. The fourth-order valence-electron chi connectivity index (χ4n) is 2.09. The summed E-state index contributed by atoms with van der Waals surface area (Å²) in [5.74, 6) is 3.19. The van der Waals surface area contributed by atoms with Gasteiger partial charge in [0.05, 0.1) is 13.7 Å². The number of ether oxygens (including phenoxy) is 2. The van der Waals surface area contributed by atoms with Crippen LogP contribution in [0.4, 0.5) is 0 Å². The van der Waals surface area contributed by atoms with Crippen LogP contribution in [0.5, 0.6) is 11.5 Å². The van der Waals surface area contributed by atoms with Gasteiger partial charge in [-0.15, -0.1) is 0 Å². The van der Waals surface area contributed by atoms with Crippen molar-refractivity contribution in [1.82, 2.24) is 10.6 Å². The third kappa shape index (κ3) is 5.47. The quantitative estimate of drug-likeness (QED) is 0.572. The number of hydrogen-bond donors (Lipinski definition) is 2. The highest BCUT2D eigenvalue weighted by atomic mass is 16.5. The molecule has 1 fully saturated rings. The minimum atomic E-state index is -0.0207. The lowest BCUT2D eigenvalue weighted by molar-refractivity contribution is 0.219. The molecule has 0 aliphatic heterocycles. The minimum Gasteiger partial charge on any atom is -0.493 e. The predicted molar refractivity (Wildman–Crippen MR) is 89.8 cm³/mol. The number of nitrogens with zero attached hydrogens (tertiary/aromatic N) is 1. The van der Waals surface area contributed by atoms with Gasteiger partial charge in [-0.25, -0.2) is 4.99 Å². The highest BCUT2D eigenvalue weighted by Gasteiger charge is 2.21. The molecule has 0 saturated heterocycles. The van der Waals surface area contributed by atoms with Crippen molar-refractivity contribution in [2.24, 2.45) is 10.9 Å². The van der Waals surface area contributed by atoms with Gasteiger partial charge < -0.3 is 20.1 Å². The zero-order valence-corrected chi connectivity index (χ0v) is 13.8. The number of guanidine groups is 1. The van der Waals surface area contributed by atoms with E-state index in [2.05, 4.69) is 22.5 Å². The van der Waals surface area contributed by atoms with Crippen molar-refractivity contribution in [3.05, 3.63) is 24.3 Å². The second-order valence-electron chi connectivity index (χ2n) is 5.62. The maximum Gasteiger partial charge on any atom is 0.191 e. The molecule has 0 bridgehead atoms. The van der Waals surface area contributed by atoms with Crippen LogP contribution in [-0.4, -0.2) is 38.8 Å². The summed E-state index contributed by atoms with van der Waals surface area (Å²) in [5, 5.41) is 6.65. The van der Waals surface area contributed by atoms with Crippen LogP contribution in [0.25, 0.3) is 0 Å². The van der Waals surface area contributed by atoms with Crippen molar-refractivity contribution in [2.75, 3.05) is 26.7 Å². The van der Waals surface area contributed by atoms with Crippen LogP contribution in [0.3, 0.4) is 0 Å². The van der Waals surface area contributed by atoms with Gasteiger partial charge in [0.25, 0.3) is 0 Å². The lowest BCUT2D eigenvalue weighted by atomic mass is 10.3. The zero-order valence-electron chi connectivity index (χ0n) is 13.8. The molecule has 5 heteroatoms. The standard InChI is InChI=1S/C17H27N3O2/c1-4-18-17(20-12-14-9-10-14)19-11-13(2)22-16-8-6-5-7-15(16)21-3/h5-8,13-14H,4,9-12H2,1-3H3,(H2,18,19,20). The van der Waals surface area contributed by atoms with E-state index in [0.717, 1.165) is 36.5 Å². The molecule has 0 spiro atoms. The van der Waals surface area contributed by atoms with Crippen molar-refractivity contribution >= 4 is 5.96 Å². The molecule has 122 valence electrons. The minimum absolute atomic E-state index is 0.0207. The third-order valence-corrected chi connectivity index (χ3v) is 3.50. The highest BCUT2D eigenvalue weighted by molar-refractivity contribution is 5.79. The molecule has 1 unspecified atom stereocenters. The summed E-state index contributed by atoms with van der Waals surface area (Å²) in [6.07, 6.45) is 2.65. The van der Waals surface area contributed by atoms with Crippen molar-refractivity contribution in [3.63, 3.8) is 0 Å². The van der Waals surface area contributed by atoms with E-state index in [-0.39, 0.29) is 6.10 Å². The molecule has 1 aromatic carbocycles. The Balaban J connectivity index is 1.85. The van der Waals surface area contributed by atoms with Gasteiger partial charge in [-0.3, -0.25) is 0 Å². The number of hydrogen-bond acceptors (Lipinski definition) is 3. The van der Waals surface area contributed by atoms with Crippen LogP contribution >= 0.6 is 0 Å². The number of aliphatic imine (C=N–C) groups is 1. The molecule has 1 aliphatic rings. The number of methoxy groups -OCH3 is 1. The molecule has 2 rings (SSSR count). The summed E-state index contributed by atoms with van der Waals surface area (Å²) in [7, 11) is 1.65. The first-order valence-electron chi connectivity index (χ1n) is 8.04. The first kappa shape index (κ1) is 16.5. The fraction of sp³-hybridized carbons (Fsp3) is 0.588. The maximum absolute atomic E-state index is 5.92. The molecular weight excluding hydrogens is 278 g/mol. The van der Waals surface area contributed by atoms with Crippen molar-refractivity contribution in [1.29, 1.82) is 0 Å². The van der Waals surface area contributed by atoms with Crippen LogP contribution in [-0.2, 0) is 0 Å². The Morgan fingerprint density at radius 2 is 2.00 bits per heavy atom. The molecule has 0 radical (unpaired) electrons. The van der Waals surface area contributed by atoms with E-state index >= 15 is 0 Å². The van der Waals surface area contributed by atoms with Crippen molar-refractivity contribution in [2.45, 2.75) is 32.8 Å². The first-order chi connectivity index (χ1) is 10.7. The number of rotatable bonds is 8. The van der Waals surface area contributed by atoms with Crippen LogP contribution in [0, 0.1) is 5.92 Å².